The lowest BCUT2D eigenvalue weighted by Gasteiger charge is -2.29. The summed E-state index contributed by atoms with van der Waals surface area (Å²) in [4.78, 5) is 0. The summed E-state index contributed by atoms with van der Waals surface area (Å²) in [5.74, 6) is 2.12. The average molecular weight is 244 g/mol. The summed E-state index contributed by atoms with van der Waals surface area (Å²) < 4.78 is 0. The first-order valence-electron chi connectivity index (χ1n) is 6.21. The molecular weight excluding hydrogens is 224 g/mol. The van der Waals surface area contributed by atoms with E-state index in [1.165, 1.54) is 17.6 Å². The van der Waals surface area contributed by atoms with Crippen molar-refractivity contribution in [3.05, 3.63) is 47.5 Å². The fraction of sp³-hybridized carbons (Fsp3) is 0.375. The second kappa shape index (κ2) is 3.78. The van der Waals surface area contributed by atoms with Gasteiger partial charge in [-0.15, -0.1) is 0 Å². The first-order chi connectivity index (χ1) is 8.04. The molecule has 0 N–H and O–H groups in total. The summed E-state index contributed by atoms with van der Waals surface area (Å²) in [6.45, 7) is 0. The number of hydrogen-bond donors (Lipinski definition) is 0. The normalized spacial score (nSPS) is 19.8. The predicted octanol–water partition coefficient (Wildman–Crippen LogP) is 4.17. The molecule has 1 heteroatoms. The SMILES string of the molecule is CS(C)(C)CC1Cc2cccc3cccc1c23. The average Bonchev–Trinajstić information content (AvgIpc) is 2.58. The monoisotopic (exact) mass is 244 g/mol. The molecule has 0 nitrogen and oxygen atoms in total. The van der Waals surface area contributed by atoms with Gasteiger partial charge in [-0.2, -0.15) is 0 Å². The van der Waals surface area contributed by atoms with Crippen LogP contribution in [0.5, 0.6) is 0 Å². The minimum Gasteiger partial charge on any atom is -0.249 e. The van der Waals surface area contributed by atoms with Crippen molar-refractivity contribution >= 4 is 20.8 Å². The lowest BCUT2D eigenvalue weighted by molar-refractivity contribution is 0.807. The van der Waals surface area contributed by atoms with Gasteiger partial charge >= 0.3 is 0 Å². The lowest BCUT2D eigenvalue weighted by Crippen LogP contribution is -2.09. The van der Waals surface area contributed by atoms with Crippen molar-refractivity contribution in [1.29, 1.82) is 0 Å². The van der Waals surface area contributed by atoms with Crippen LogP contribution in [0.3, 0.4) is 0 Å². The van der Waals surface area contributed by atoms with Gasteiger partial charge in [0.1, 0.15) is 0 Å². The smallest absolute Gasteiger partial charge is 0.00390 e. The van der Waals surface area contributed by atoms with E-state index in [9.17, 15) is 0 Å². The Kier molecular flexibility index (Phi) is 2.48. The molecule has 1 unspecified atom stereocenters. The van der Waals surface area contributed by atoms with Crippen LogP contribution in [0.15, 0.2) is 36.4 Å². The molecule has 0 saturated carbocycles. The van der Waals surface area contributed by atoms with Gasteiger partial charge in [0.2, 0.25) is 0 Å². The topological polar surface area (TPSA) is 0 Å². The van der Waals surface area contributed by atoms with Gasteiger partial charge in [0.05, 0.1) is 0 Å². The van der Waals surface area contributed by atoms with Crippen LogP contribution in [0, 0.1) is 0 Å². The van der Waals surface area contributed by atoms with Crippen LogP contribution < -0.4 is 0 Å². The largest absolute Gasteiger partial charge is 0.249 e. The van der Waals surface area contributed by atoms with Crippen LogP contribution in [0.25, 0.3) is 10.8 Å². The Balaban J connectivity index is 2.10. The van der Waals surface area contributed by atoms with Crippen LogP contribution in [0.4, 0.5) is 0 Å². The molecule has 2 aromatic carbocycles. The fourth-order valence-corrected chi connectivity index (χ4v) is 4.59. The molecule has 3 rings (SSSR count). The maximum Gasteiger partial charge on any atom is -0.00390 e. The van der Waals surface area contributed by atoms with Crippen LogP contribution >= 0.6 is 10.0 Å². The highest BCUT2D eigenvalue weighted by atomic mass is 32.3. The quantitative estimate of drug-likeness (QED) is 0.743. The van der Waals surface area contributed by atoms with Gasteiger partial charge in [-0.05, 0) is 58.8 Å². The highest BCUT2D eigenvalue weighted by Crippen LogP contribution is 2.46. The standard InChI is InChI=1S/C16H20S/c1-17(2,3)11-14-10-13-8-4-6-12-7-5-9-15(14)16(12)13/h4-9,14H,10-11H2,1-3H3. The first-order valence-corrected chi connectivity index (χ1v) is 9.24. The van der Waals surface area contributed by atoms with Crippen molar-refractivity contribution < 1.29 is 0 Å². The van der Waals surface area contributed by atoms with Gasteiger partial charge in [-0.1, -0.05) is 36.4 Å². The van der Waals surface area contributed by atoms with Crippen molar-refractivity contribution in [2.45, 2.75) is 12.3 Å². The van der Waals surface area contributed by atoms with E-state index in [-0.39, 0.29) is 0 Å². The van der Waals surface area contributed by atoms with E-state index in [0.29, 0.717) is 0 Å². The Morgan fingerprint density at radius 3 is 2.47 bits per heavy atom. The second-order valence-corrected chi connectivity index (χ2v) is 10.5. The van der Waals surface area contributed by atoms with Gasteiger partial charge in [-0.25, -0.2) is 10.0 Å². The molecule has 1 aliphatic carbocycles. The van der Waals surface area contributed by atoms with E-state index in [0.717, 1.165) is 5.92 Å². The van der Waals surface area contributed by atoms with E-state index in [1.54, 1.807) is 16.5 Å². The van der Waals surface area contributed by atoms with E-state index >= 15 is 0 Å². The molecule has 1 atom stereocenters. The Morgan fingerprint density at radius 2 is 1.76 bits per heavy atom. The Hall–Kier alpha value is -0.950. The van der Waals surface area contributed by atoms with Crippen molar-refractivity contribution in [2.24, 2.45) is 0 Å². The minimum absolute atomic E-state index is 0.422. The molecule has 17 heavy (non-hydrogen) atoms. The molecule has 90 valence electrons. The van der Waals surface area contributed by atoms with E-state index in [4.69, 9.17) is 0 Å². The molecule has 0 spiro atoms. The van der Waals surface area contributed by atoms with E-state index in [2.05, 4.69) is 55.2 Å². The van der Waals surface area contributed by atoms with E-state index < -0.39 is 10.0 Å². The molecule has 0 amide bonds. The summed E-state index contributed by atoms with van der Waals surface area (Å²) in [7, 11) is -0.422. The Morgan fingerprint density at radius 1 is 1.06 bits per heavy atom. The fourth-order valence-electron chi connectivity index (χ4n) is 3.09. The van der Waals surface area contributed by atoms with Crippen LogP contribution in [0.2, 0.25) is 0 Å². The Labute approximate surface area is 105 Å². The van der Waals surface area contributed by atoms with Gasteiger partial charge in [0.25, 0.3) is 0 Å². The number of benzene rings is 2. The van der Waals surface area contributed by atoms with Gasteiger partial charge in [0, 0.05) is 0 Å². The van der Waals surface area contributed by atoms with Crippen LogP contribution in [-0.4, -0.2) is 24.5 Å². The summed E-state index contributed by atoms with van der Waals surface area (Å²) in [5.41, 5.74) is 3.16. The Bertz CT molecular complexity index is 558. The maximum absolute atomic E-state index is 2.43. The van der Waals surface area contributed by atoms with Crippen molar-refractivity contribution in [3.63, 3.8) is 0 Å². The van der Waals surface area contributed by atoms with E-state index in [1.807, 2.05) is 0 Å². The highest BCUT2D eigenvalue weighted by molar-refractivity contribution is 8.32. The molecule has 0 radical (unpaired) electrons. The molecule has 0 aromatic heterocycles. The van der Waals surface area contributed by atoms with Gasteiger partial charge in [-0.3, -0.25) is 0 Å². The van der Waals surface area contributed by atoms with Gasteiger partial charge < -0.3 is 0 Å². The third-order valence-corrected chi connectivity index (χ3v) is 5.03. The zero-order valence-electron chi connectivity index (χ0n) is 10.9. The maximum atomic E-state index is 2.43. The summed E-state index contributed by atoms with van der Waals surface area (Å²) in [6.07, 6.45) is 8.53. The molecular formula is C16H20S. The third kappa shape index (κ3) is 1.97. The minimum atomic E-state index is -0.422. The van der Waals surface area contributed by atoms with Gasteiger partial charge in [0.15, 0.2) is 0 Å². The molecule has 0 fully saturated rings. The zero-order chi connectivity index (χ0) is 12.0. The lowest BCUT2D eigenvalue weighted by atomic mass is 10.0. The van der Waals surface area contributed by atoms with Crippen LogP contribution in [0.1, 0.15) is 17.0 Å². The summed E-state index contributed by atoms with van der Waals surface area (Å²) in [6, 6.07) is 13.6. The second-order valence-electron chi connectivity index (χ2n) is 6.02. The molecule has 0 heterocycles. The molecule has 0 aliphatic heterocycles. The molecule has 2 aromatic rings. The molecule has 0 bridgehead atoms. The molecule has 0 saturated heterocycles. The summed E-state index contributed by atoms with van der Waals surface area (Å²) >= 11 is 0. The summed E-state index contributed by atoms with van der Waals surface area (Å²) in [5, 5.41) is 2.97. The van der Waals surface area contributed by atoms with Crippen molar-refractivity contribution in [3.8, 4) is 0 Å². The zero-order valence-corrected chi connectivity index (χ0v) is 11.7. The third-order valence-electron chi connectivity index (χ3n) is 3.63. The molecule has 1 aliphatic rings. The van der Waals surface area contributed by atoms with Crippen LogP contribution in [-0.2, 0) is 6.42 Å². The number of rotatable bonds is 2. The highest BCUT2D eigenvalue weighted by Gasteiger charge is 2.26. The van der Waals surface area contributed by atoms with Crippen molar-refractivity contribution in [1.82, 2.24) is 0 Å². The number of hydrogen-bond acceptors (Lipinski definition) is 0. The first kappa shape index (κ1) is 11.2. The predicted molar refractivity (Wildman–Crippen MR) is 80.6 cm³/mol. The van der Waals surface area contributed by atoms with Crippen molar-refractivity contribution in [2.75, 3.05) is 24.5 Å².